The van der Waals surface area contributed by atoms with E-state index < -0.39 is 76.1 Å². The van der Waals surface area contributed by atoms with Crippen LogP contribution in [0, 0.1) is 23.7 Å². The van der Waals surface area contributed by atoms with E-state index in [0.717, 1.165) is 13.2 Å². The molecule has 1 aromatic carbocycles. The van der Waals surface area contributed by atoms with Crippen LogP contribution >= 0.6 is 0 Å². The summed E-state index contributed by atoms with van der Waals surface area (Å²) in [5.74, 6) is -12.2. The molecule has 6 unspecified atom stereocenters. The molecule has 1 amide bonds. The number of fused-ring (bicyclic) bond motifs is 3. The van der Waals surface area contributed by atoms with Crippen LogP contribution in [0.15, 0.2) is 12.1 Å². The van der Waals surface area contributed by atoms with Crippen molar-refractivity contribution in [3.05, 3.63) is 28.8 Å². The molecule has 2 saturated carbocycles. The van der Waals surface area contributed by atoms with Crippen LogP contribution in [-0.4, -0.2) is 83.0 Å². The van der Waals surface area contributed by atoms with Gasteiger partial charge in [-0.25, -0.2) is 4.79 Å². The summed E-state index contributed by atoms with van der Waals surface area (Å²) in [5.41, 5.74) is 2.47. The van der Waals surface area contributed by atoms with Crippen molar-refractivity contribution >= 4 is 35.0 Å². The summed E-state index contributed by atoms with van der Waals surface area (Å²) in [6, 6.07) is 1.25. The molecule has 6 atom stereocenters. The fourth-order valence-electron chi connectivity index (χ4n) is 5.91. The van der Waals surface area contributed by atoms with Crippen LogP contribution in [0.4, 0.5) is 0 Å². The van der Waals surface area contributed by atoms with Crippen LogP contribution in [0.1, 0.15) is 32.7 Å². The number of phenolic OH excluding ortho intramolecular Hbond substituents is 1. The summed E-state index contributed by atoms with van der Waals surface area (Å²) in [6.45, 7) is 0. The second-order valence-corrected chi connectivity index (χ2v) is 9.27. The number of aliphatic hydroxyl groups is 1. The smallest absolute Gasteiger partial charge is 0.338 e. The maximum Gasteiger partial charge on any atom is 0.338 e. The summed E-state index contributed by atoms with van der Waals surface area (Å²) >= 11 is 0. The van der Waals surface area contributed by atoms with Crippen molar-refractivity contribution in [2.24, 2.45) is 29.4 Å². The number of carbonyl (C=O) groups is 6. The molecule has 1 aromatic rings. The Morgan fingerprint density at radius 1 is 1.15 bits per heavy atom. The van der Waals surface area contributed by atoms with Crippen LogP contribution < -0.4 is 5.73 Å². The van der Waals surface area contributed by atoms with Gasteiger partial charge >= 0.3 is 5.97 Å². The molecule has 0 heterocycles. The van der Waals surface area contributed by atoms with E-state index in [1.54, 1.807) is 0 Å². The van der Waals surface area contributed by atoms with Crippen LogP contribution in [0.3, 0.4) is 0 Å². The van der Waals surface area contributed by atoms with E-state index in [1.807, 2.05) is 0 Å². The lowest BCUT2D eigenvalue weighted by atomic mass is 9.52. The van der Waals surface area contributed by atoms with E-state index in [1.165, 1.54) is 25.1 Å². The van der Waals surface area contributed by atoms with Gasteiger partial charge < -0.3 is 20.7 Å². The molecule has 11 heteroatoms. The normalized spacial score (nSPS) is 32.7. The zero-order valence-electron chi connectivity index (χ0n) is 18.7. The molecule has 0 aromatic heterocycles. The minimum Gasteiger partial charge on any atom is -0.507 e. The first-order valence-corrected chi connectivity index (χ1v) is 10.7. The first-order chi connectivity index (χ1) is 15.9. The minimum absolute atomic E-state index is 0.00926. The predicted octanol–water partition coefficient (Wildman–Crippen LogP) is -1.35. The van der Waals surface area contributed by atoms with Crippen molar-refractivity contribution in [3.63, 3.8) is 0 Å². The average Bonchev–Trinajstić information content (AvgIpc) is 2.75. The first kappa shape index (κ1) is 23.7. The molecule has 0 aliphatic heterocycles. The van der Waals surface area contributed by atoms with E-state index in [9.17, 15) is 39.0 Å². The van der Waals surface area contributed by atoms with E-state index in [2.05, 4.69) is 0 Å². The third kappa shape index (κ3) is 2.96. The number of rotatable bonds is 3. The Morgan fingerprint density at radius 2 is 1.79 bits per heavy atom. The highest BCUT2D eigenvalue weighted by atomic mass is 16.5. The summed E-state index contributed by atoms with van der Waals surface area (Å²) in [6.07, 6.45) is -0.106. The van der Waals surface area contributed by atoms with E-state index in [0.29, 0.717) is 0 Å². The summed E-state index contributed by atoms with van der Waals surface area (Å²) in [5, 5.41) is 21.8. The van der Waals surface area contributed by atoms with Crippen molar-refractivity contribution in [2.45, 2.75) is 24.5 Å². The summed E-state index contributed by atoms with van der Waals surface area (Å²) in [4.78, 5) is 78.9. The number of Topliss-reactive ketones (excluding diaryl/α,β-unsaturated/α-hetero) is 4. The minimum atomic E-state index is -2.79. The number of primary amides is 1. The zero-order chi connectivity index (χ0) is 25.3. The number of hydrogen-bond acceptors (Lipinski definition) is 10. The Balaban J connectivity index is 1.89. The Hall–Kier alpha value is -3.44. The predicted molar refractivity (Wildman–Crippen MR) is 113 cm³/mol. The molecule has 2 fully saturated rings. The van der Waals surface area contributed by atoms with Gasteiger partial charge in [0.25, 0.3) is 0 Å². The van der Waals surface area contributed by atoms with Gasteiger partial charge in [-0.2, -0.15) is 0 Å². The Bertz CT molecular complexity index is 1170. The summed E-state index contributed by atoms with van der Waals surface area (Å²) < 4.78 is 4.77. The number of nitrogens with zero attached hydrogens (tertiary/aromatic N) is 1. The molecule has 0 bridgehead atoms. The number of phenols is 1. The van der Waals surface area contributed by atoms with Crippen molar-refractivity contribution < 1.29 is 43.7 Å². The number of ketones is 4. The number of methoxy groups -OCH3 is 1. The fraction of sp³-hybridized carbons (Fsp3) is 0.478. The van der Waals surface area contributed by atoms with Gasteiger partial charge in [0.2, 0.25) is 5.91 Å². The molecule has 0 spiro atoms. The number of aromatic hydroxyl groups is 1. The summed E-state index contributed by atoms with van der Waals surface area (Å²) in [7, 11) is 4.17. The molecule has 4 N–H and O–H groups in total. The number of nitrogens with two attached hydrogens (primary N) is 1. The lowest BCUT2D eigenvalue weighted by Gasteiger charge is -2.52. The van der Waals surface area contributed by atoms with Gasteiger partial charge in [0, 0.05) is 5.92 Å². The standard InChI is InChI=1S/C23H24N2O9/c1-25(2)16-11-7-8-6-10-9(22(32)34-3)4-5-12(26)14(10)17(27)13(8)19(29)23(11,33)20(30)15(18(16)28)21(24)31/h4-5,8,11,13,15-16,26,33H,6-7H2,1-3H3,(H2,24,31). The number of likely N-dealkylation sites (N-methyl/N-ethyl adjacent to an activating group) is 1. The molecule has 4 rings (SSSR count). The first-order valence-electron chi connectivity index (χ1n) is 10.7. The third-order valence-corrected chi connectivity index (χ3v) is 7.35. The van der Waals surface area contributed by atoms with Crippen LogP contribution in [-0.2, 0) is 30.3 Å². The lowest BCUT2D eigenvalue weighted by molar-refractivity contribution is -0.181. The van der Waals surface area contributed by atoms with Crippen molar-refractivity contribution in [1.29, 1.82) is 0 Å². The molecule has 3 aliphatic rings. The maximum absolute atomic E-state index is 13.6. The van der Waals surface area contributed by atoms with Crippen LogP contribution in [0.2, 0.25) is 0 Å². The van der Waals surface area contributed by atoms with Gasteiger partial charge in [0.15, 0.2) is 34.7 Å². The largest absolute Gasteiger partial charge is 0.507 e. The Kier molecular flexibility index (Phi) is 5.45. The molecule has 3 aliphatic carbocycles. The average molecular weight is 472 g/mol. The lowest BCUT2D eigenvalue weighted by Crippen LogP contribution is -2.74. The number of amides is 1. The highest BCUT2D eigenvalue weighted by molar-refractivity contribution is 6.32. The molecule has 34 heavy (non-hydrogen) atoms. The van der Waals surface area contributed by atoms with Gasteiger partial charge in [0.1, 0.15) is 5.75 Å². The fourth-order valence-corrected chi connectivity index (χ4v) is 5.91. The van der Waals surface area contributed by atoms with Gasteiger partial charge in [-0.05, 0) is 50.6 Å². The zero-order valence-corrected chi connectivity index (χ0v) is 18.7. The Labute approximate surface area is 193 Å². The monoisotopic (exact) mass is 472 g/mol. The highest BCUT2D eigenvalue weighted by Crippen LogP contribution is 2.51. The van der Waals surface area contributed by atoms with E-state index in [-0.39, 0.29) is 29.5 Å². The number of carbonyl (C=O) groups excluding carboxylic acids is 6. The quantitative estimate of drug-likeness (QED) is 0.351. The van der Waals surface area contributed by atoms with Gasteiger partial charge in [-0.3, -0.25) is 28.9 Å². The Morgan fingerprint density at radius 3 is 2.35 bits per heavy atom. The number of hydrogen-bond donors (Lipinski definition) is 3. The topological polar surface area (TPSA) is 181 Å². The van der Waals surface area contributed by atoms with Crippen LogP contribution in [0.5, 0.6) is 5.75 Å². The second kappa shape index (κ2) is 7.81. The number of ether oxygens (including phenoxy) is 1. The van der Waals surface area contributed by atoms with E-state index >= 15 is 0 Å². The SMILES string of the molecule is COC(=O)c1ccc(O)c2c1CC1CC3C(N(C)C)C(=O)C(C(N)=O)C(=O)C3(O)C(=O)C1C2=O. The molecular formula is C23H24N2O9. The number of benzene rings is 1. The van der Waals surface area contributed by atoms with Crippen molar-refractivity contribution in [1.82, 2.24) is 4.90 Å². The molecule has 11 nitrogen and oxygen atoms in total. The van der Waals surface area contributed by atoms with Crippen molar-refractivity contribution in [3.8, 4) is 5.75 Å². The second-order valence-electron chi connectivity index (χ2n) is 9.27. The molecular weight excluding hydrogens is 448 g/mol. The van der Waals surface area contributed by atoms with Gasteiger partial charge in [-0.15, -0.1) is 0 Å². The highest BCUT2D eigenvalue weighted by Gasteiger charge is 2.69. The van der Waals surface area contributed by atoms with Gasteiger partial charge in [0.05, 0.1) is 30.2 Å². The van der Waals surface area contributed by atoms with Gasteiger partial charge in [-0.1, -0.05) is 0 Å². The molecule has 0 radical (unpaired) electrons. The third-order valence-electron chi connectivity index (χ3n) is 7.35. The molecule has 180 valence electrons. The van der Waals surface area contributed by atoms with Crippen molar-refractivity contribution in [2.75, 3.05) is 21.2 Å². The number of esters is 1. The maximum atomic E-state index is 13.6. The van der Waals surface area contributed by atoms with E-state index in [4.69, 9.17) is 10.5 Å². The molecule has 0 saturated heterocycles. The van der Waals surface area contributed by atoms with Crippen LogP contribution in [0.25, 0.3) is 0 Å².